The Bertz CT molecular complexity index is 592. The highest BCUT2D eigenvalue weighted by Gasteiger charge is 2.15. The summed E-state index contributed by atoms with van der Waals surface area (Å²) in [6, 6.07) is 11.4. The lowest BCUT2D eigenvalue weighted by Crippen LogP contribution is -2.14. The monoisotopic (exact) mass is 319 g/mol. The van der Waals surface area contributed by atoms with Gasteiger partial charge >= 0.3 is 0 Å². The smallest absolute Gasteiger partial charge is 0.184 e. The Kier molecular flexibility index (Phi) is 6.93. The summed E-state index contributed by atoms with van der Waals surface area (Å²) in [6.07, 6.45) is 0.362. The van der Waals surface area contributed by atoms with Gasteiger partial charge in [0.15, 0.2) is 17.8 Å². The summed E-state index contributed by atoms with van der Waals surface area (Å²) in [5.41, 5.74) is 1.38. The number of carbonyl (C=O) groups excluding carboxylic acids is 1. The van der Waals surface area contributed by atoms with Crippen LogP contribution in [-0.4, -0.2) is 31.4 Å². The van der Waals surface area contributed by atoms with Gasteiger partial charge in [-0.25, -0.2) is 0 Å². The third kappa shape index (κ3) is 5.59. The van der Waals surface area contributed by atoms with Crippen molar-refractivity contribution in [2.45, 2.75) is 32.3 Å². The van der Waals surface area contributed by atoms with Gasteiger partial charge < -0.3 is 18.7 Å². The van der Waals surface area contributed by atoms with E-state index in [1.807, 2.05) is 30.3 Å². The van der Waals surface area contributed by atoms with Gasteiger partial charge in [0.25, 0.3) is 0 Å². The Hall–Kier alpha value is -2.02. The first-order chi connectivity index (χ1) is 11.2. The van der Waals surface area contributed by atoms with Gasteiger partial charge in [0.1, 0.15) is 12.3 Å². The number of ketones is 1. The van der Waals surface area contributed by atoms with Crippen LogP contribution in [0.15, 0.2) is 40.9 Å². The maximum absolute atomic E-state index is 12.0. The van der Waals surface area contributed by atoms with Gasteiger partial charge in [0, 0.05) is 33.1 Å². The van der Waals surface area contributed by atoms with Crippen LogP contribution < -0.4 is 0 Å². The fraction of sp³-hybridized carbons (Fsp3) is 0.412. The predicted octanol–water partition coefficient (Wildman–Crippen LogP) is 2.97. The SMILES string of the molecule is COC(CCC(=O)c1cc(COCc2ccccc2)on1)OC. The largest absolute Gasteiger partial charge is 0.369 e. The number of rotatable bonds is 10. The molecule has 1 aromatic heterocycles. The van der Waals surface area contributed by atoms with E-state index in [4.69, 9.17) is 18.7 Å². The van der Waals surface area contributed by atoms with Crippen molar-refractivity contribution in [1.82, 2.24) is 5.16 Å². The van der Waals surface area contributed by atoms with Crippen LogP contribution in [0.1, 0.15) is 34.7 Å². The lowest BCUT2D eigenvalue weighted by molar-refractivity contribution is -0.105. The van der Waals surface area contributed by atoms with Crippen LogP contribution in [0, 0.1) is 0 Å². The summed E-state index contributed by atoms with van der Waals surface area (Å²) >= 11 is 0. The lowest BCUT2D eigenvalue weighted by atomic mass is 10.1. The van der Waals surface area contributed by atoms with Crippen LogP contribution in [0.5, 0.6) is 0 Å². The molecule has 0 spiro atoms. The van der Waals surface area contributed by atoms with Crippen molar-refractivity contribution in [2.24, 2.45) is 0 Å². The minimum atomic E-state index is -0.389. The van der Waals surface area contributed by atoms with Gasteiger partial charge in [-0.3, -0.25) is 4.79 Å². The minimum Gasteiger partial charge on any atom is -0.369 e. The highest BCUT2D eigenvalue weighted by molar-refractivity contribution is 5.94. The number of aromatic nitrogens is 1. The zero-order valence-corrected chi connectivity index (χ0v) is 13.4. The highest BCUT2D eigenvalue weighted by Crippen LogP contribution is 2.12. The number of carbonyl (C=O) groups is 1. The molecule has 0 aliphatic rings. The number of nitrogens with zero attached hydrogens (tertiary/aromatic N) is 1. The van der Waals surface area contributed by atoms with Crippen molar-refractivity contribution in [1.29, 1.82) is 0 Å². The third-order valence-electron chi connectivity index (χ3n) is 3.33. The van der Waals surface area contributed by atoms with Crippen molar-refractivity contribution in [3.8, 4) is 0 Å². The van der Waals surface area contributed by atoms with Crippen molar-refractivity contribution in [3.05, 3.63) is 53.4 Å². The molecule has 2 rings (SSSR count). The Morgan fingerprint density at radius 2 is 1.91 bits per heavy atom. The lowest BCUT2D eigenvalue weighted by Gasteiger charge is -2.11. The van der Waals surface area contributed by atoms with Crippen molar-refractivity contribution in [3.63, 3.8) is 0 Å². The topological polar surface area (TPSA) is 70.8 Å². The Labute approximate surface area is 135 Å². The summed E-state index contributed by atoms with van der Waals surface area (Å²) in [7, 11) is 3.08. The first kappa shape index (κ1) is 17.3. The Morgan fingerprint density at radius 3 is 2.61 bits per heavy atom. The molecule has 0 amide bonds. The van der Waals surface area contributed by atoms with E-state index in [9.17, 15) is 4.79 Å². The molecule has 0 saturated carbocycles. The summed E-state index contributed by atoms with van der Waals surface area (Å²) < 4.78 is 20.8. The summed E-state index contributed by atoms with van der Waals surface area (Å²) in [5, 5.41) is 3.79. The fourth-order valence-corrected chi connectivity index (χ4v) is 2.07. The van der Waals surface area contributed by atoms with Gasteiger partial charge in [0.2, 0.25) is 0 Å². The van der Waals surface area contributed by atoms with E-state index in [-0.39, 0.29) is 25.1 Å². The van der Waals surface area contributed by atoms with Crippen LogP contribution in [-0.2, 0) is 27.4 Å². The van der Waals surface area contributed by atoms with E-state index in [1.54, 1.807) is 6.07 Å². The second kappa shape index (κ2) is 9.19. The maximum atomic E-state index is 12.0. The molecule has 0 aliphatic heterocycles. The van der Waals surface area contributed by atoms with Crippen molar-refractivity contribution >= 4 is 5.78 Å². The van der Waals surface area contributed by atoms with E-state index in [2.05, 4.69) is 5.16 Å². The first-order valence-electron chi connectivity index (χ1n) is 7.39. The standard InChI is InChI=1S/C17H21NO5/c1-20-17(21-2)9-8-16(19)15-10-14(23-18-15)12-22-11-13-6-4-3-5-7-13/h3-7,10,17H,8-9,11-12H2,1-2H3. The zero-order valence-electron chi connectivity index (χ0n) is 13.4. The predicted molar refractivity (Wildman–Crippen MR) is 82.8 cm³/mol. The molecule has 6 heteroatoms. The van der Waals surface area contributed by atoms with E-state index >= 15 is 0 Å². The number of ether oxygens (including phenoxy) is 3. The molecule has 0 bridgehead atoms. The number of methoxy groups -OCH3 is 2. The molecule has 23 heavy (non-hydrogen) atoms. The van der Waals surface area contributed by atoms with Gasteiger partial charge in [-0.1, -0.05) is 35.5 Å². The molecule has 0 aliphatic carbocycles. The van der Waals surface area contributed by atoms with Gasteiger partial charge in [-0.15, -0.1) is 0 Å². The summed E-state index contributed by atoms with van der Waals surface area (Å²) in [6.45, 7) is 0.752. The maximum Gasteiger partial charge on any atom is 0.184 e. The molecular weight excluding hydrogens is 298 g/mol. The molecule has 1 heterocycles. The van der Waals surface area contributed by atoms with Gasteiger partial charge in [-0.2, -0.15) is 0 Å². The molecule has 124 valence electrons. The van der Waals surface area contributed by atoms with Gasteiger partial charge in [0.05, 0.1) is 6.61 Å². The second-order valence-electron chi connectivity index (χ2n) is 5.02. The molecule has 2 aromatic rings. The van der Waals surface area contributed by atoms with Crippen LogP contribution in [0.4, 0.5) is 0 Å². The van der Waals surface area contributed by atoms with Crippen LogP contribution in [0.2, 0.25) is 0 Å². The number of Topliss-reactive ketones (excluding diaryl/α,β-unsaturated/α-hetero) is 1. The Morgan fingerprint density at radius 1 is 1.17 bits per heavy atom. The second-order valence-corrected chi connectivity index (χ2v) is 5.02. The first-order valence-corrected chi connectivity index (χ1v) is 7.39. The molecule has 1 aromatic carbocycles. The molecule has 0 atom stereocenters. The molecule has 0 N–H and O–H groups in total. The van der Waals surface area contributed by atoms with Crippen LogP contribution >= 0.6 is 0 Å². The Balaban J connectivity index is 1.77. The average molecular weight is 319 g/mol. The van der Waals surface area contributed by atoms with E-state index in [1.165, 1.54) is 14.2 Å². The van der Waals surface area contributed by atoms with Crippen LogP contribution in [0.3, 0.4) is 0 Å². The quantitative estimate of drug-likeness (QED) is 0.495. The van der Waals surface area contributed by atoms with Gasteiger partial charge in [-0.05, 0) is 5.56 Å². The fourth-order valence-electron chi connectivity index (χ4n) is 2.07. The van der Waals surface area contributed by atoms with Crippen molar-refractivity contribution in [2.75, 3.05) is 14.2 Å². The van der Waals surface area contributed by atoms with E-state index in [0.29, 0.717) is 24.5 Å². The molecule has 0 radical (unpaired) electrons. The number of hydrogen-bond acceptors (Lipinski definition) is 6. The molecule has 0 fully saturated rings. The van der Waals surface area contributed by atoms with E-state index in [0.717, 1.165) is 5.56 Å². The normalized spacial score (nSPS) is 11.1. The number of hydrogen-bond donors (Lipinski definition) is 0. The summed E-state index contributed by atoms with van der Waals surface area (Å²) in [4.78, 5) is 12.0. The van der Waals surface area contributed by atoms with Crippen molar-refractivity contribution < 1.29 is 23.5 Å². The van der Waals surface area contributed by atoms with Crippen LogP contribution in [0.25, 0.3) is 0 Å². The third-order valence-corrected chi connectivity index (χ3v) is 3.33. The molecule has 6 nitrogen and oxygen atoms in total. The summed E-state index contributed by atoms with van der Waals surface area (Å²) in [5.74, 6) is 0.418. The zero-order chi connectivity index (χ0) is 16.5. The van der Waals surface area contributed by atoms with E-state index < -0.39 is 0 Å². The molecular formula is C17H21NO5. The molecule has 0 saturated heterocycles. The average Bonchev–Trinajstić information content (AvgIpc) is 3.05. The number of benzene rings is 1. The minimum absolute atomic E-state index is 0.109. The molecule has 0 unspecified atom stereocenters. The highest BCUT2D eigenvalue weighted by atomic mass is 16.7.